The normalized spacial score (nSPS) is 16.0. The molecule has 4 rings (SSSR count). The van der Waals surface area contributed by atoms with Crippen LogP contribution in [0.15, 0.2) is 45.3 Å². The summed E-state index contributed by atoms with van der Waals surface area (Å²) in [6.45, 7) is 5.83. The number of methoxy groups -OCH3 is 1. The SMILES string of the molecule is COc1ccccc1OCCC1CCN(C(=O)c2ccc(Cc3c(C)noc3C)o2)C1. The van der Waals surface area contributed by atoms with Crippen LogP contribution in [0, 0.1) is 19.8 Å². The van der Waals surface area contributed by atoms with Crippen LogP contribution >= 0.6 is 0 Å². The lowest BCUT2D eigenvalue weighted by atomic mass is 10.1. The van der Waals surface area contributed by atoms with Crippen LogP contribution in [0.2, 0.25) is 0 Å². The summed E-state index contributed by atoms with van der Waals surface area (Å²) in [5.41, 5.74) is 1.85. The number of furan rings is 1. The van der Waals surface area contributed by atoms with Crippen molar-refractivity contribution in [1.82, 2.24) is 10.1 Å². The summed E-state index contributed by atoms with van der Waals surface area (Å²) in [5, 5.41) is 3.97. The number of aryl methyl sites for hydroxylation is 2. The fourth-order valence-electron chi connectivity index (χ4n) is 4.00. The molecule has 1 aliphatic rings. The lowest BCUT2D eigenvalue weighted by Gasteiger charge is -2.16. The molecule has 1 aromatic carbocycles. The Bertz CT molecular complexity index is 1020. The van der Waals surface area contributed by atoms with E-state index in [4.69, 9.17) is 18.4 Å². The third-order valence-corrected chi connectivity index (χ3v) is 5.83. The Morgan fingerprint density at radius 3 is 2.74 bits per heavy atom. The van der Waals surface area contributed by atoms with Crippen LogP contribution < -0.4 is 9.47 Å². The van der Waals surface area contributed by atoms with Gasteiger partial charge in [-0.25, -0.2) is 0 Å². The first-order chi connectivity index (χ1) is 15.0. The molecule has 0 spiro atoms. The first-order valence-corrected chi connectivity index (χ1v) is 10.6. The van der Waals surface area contributed by atoms with Gasteiger partial charge < -0.3 is 23.3 Å². The first-order valence-electron chi connectivity index (χ1n) is 10.6. The van der Waals surface area contributed by atoms with E-state index in [1.807, 2.05) is 49.1 Å². The molecule has 1 atom stereocenters. The van der Waals surface area contributed by atoms with E-state index < -0.39 is 0 Å². The van der Waals surface area contributed by atoms with Gasteiger partial charge in [-0.3, -0.25) is 4.79 Å². The van der Waals surface area contributed by atoms with Crippen LogP contribution in [-0.4, -0.2) is 42.8 Å². The van der Waals surface area contributed by atoms with Crippen molar-refractivity contribution < 1.29 is 23.2 Å². The van der Waals surface area contributed by atoms with E-state index in [0.29, 0.717) is 31.3 Å². The Morgan fingerprint density at radius 1 is 1.19 bits per heavy atom. The van der Waals surface area contributed by atoms with Crippen molar-refractivity contribution >= 4 is 5.91 Å². The molecule has 1 aliphatic heterocycles. The summed E-state index contributed by atoms with van der Waals surface area (Å²) in [4.78, 5) is 14.7. The molecule has 3 heterocycles. The average molecular weight is 424 g/mol. The number of ether oxygens (including phenoxy) is 2. The summed E-state index contributed by atoms with van der Waals surface area (Å²) in [6, 6.07) is 11.2. The van der Waals surface area contributed by atoms with Crippen LogP contribution in [0.4, 0.5) is 0 Å². The number of para-hydroxylation sites is 2. The van der Waals surface area contributed by atoms with Crippen LogP contribution in [0.3, 0.4) is 0 Å². The monoisotopic (exact) mass is 424 g/mol. The molecular weight excluding hydrogens is 396 g/mol. The number of rotatable bonds is 8. The van der Waals surface area contributed by atoms with Gasteiger partial charge in [-0.05, 0) is 56.9 Å². The van der Waals surface area contributed by atoms with E-state index in [1.165, 1.54) is 0 Å². The molecule has 0 N–H and O–H groups in total. The summed E-state index contributed by atoms with van der Waals surface area (Å²) < 4.78 is 22.2. The second-order valence-electron chi connectivity index (χ2n) is 7.94. The van der Waals surface area contributed by atoms with E-state index >= 15 is 0 Å². The third-order valence-electron chi connectivity index (χ3n) is 5.83. The minimum absolute atomic E-state index is 0.0573. The molecule has 1 saturated heterocycles. The number of amides is 1. The van der Waals surface area contributed by atoms with Gasteiger partial charge >= 0.3 is 0 Å². The number of carbonyl (C=O) groups excluding carboxylic acids is 1. The number of hydrogen-bond acceptors (Lipinski definition) is 6. The first kappa shape index (κ1) is 21.0. The highest BCUT2D eigenvalue weighted by atomic mass is 16.5. The van der Waals surface area contributed by atoms with Crippen LogP contribution in [0.1, 0.15) is 46.2 Å². The molecule has 7 heteroatoms. The quantitative estimate of drug-likeness (QED) is 0.533. The summed E-state index contributed by atoms with van der Waals surface area (Å²) >= 11 is 0. The van der Waals surface area contributed by atoms with Crippen molar-refractivity contribution in [3.63, 3.8) is 0 Å². The minimum Gasteiger partial charge on any atom is -0.493 e. The second-order valence-corrected chi connectivity index (χ2v) is 7.94. The average Bonchev–Trinajstić information content (AvgIpc) is 3.51. The van der Waals surface area contributed by atoms with E-state index in [0.717, 1.165) is 53.7 Å². The zero-order valence-electron chi connectivity index (χ0n) is 18.2. The van der Waals surface area contributed by atoms with Gasteiger partial charge in [0.05, 0.1) is 19.4 Å². The zero-order chi connectivity index (χ0) is 21.8. The molecule has 1 fully saturated rings. The summed E-state index contributed by atoms with van der Waals surface area (Å²) in [6.07, 6.45) is 2.42. The molecule has 31 heavy (non-hydrogen) atoms. The van der Waals surface area contributed by atoms with Crippen molar-refractivity contribution in [2.24, 2.45) is 5.92 Å². The van der Waals surface area contributed by atoms with E-state index in [1.54, 1.807) is 13.2 Å². The standard InChI is InChI=1S/C24H28N2O5/c1-16-20(17(2)31-25-16)14-19-8-9-23(30-19)24(27)26-12-10-18(15-26)11-13-29-22-7-5-4-6-21(22)28-3/h4-9,18H,10-15H2,1-3H3. The van der Waals surface area contributed by atoms with Gasteiger partial charge in [-0.15, -0.1) is 0 Å². The molecule has 0 bridgehead atoms. The fraction of sp³-hybridized carbons (Fsp3) is 0.417. The molecule has 0 saturated carbocycles. The Labute approximate surface area is 181 Å². The minimum atomic E-state index is -0.0573. The molecule has 1 amide bonds. The van der Waals surface area contributed by atoms with Gasteiger partial charge in [-0.1, -0.05) is 17.3 Å². The Kier molecular flexibility index (Phi) is 6.30. The van der Waals surface area contributed by atoms with Gasteiger partial charge in [-0.2, -0.15) is 0 Å². The maximum Gasteiger partial charge on any atom is 0.289 e. The molecule has 0 radical (unpaired) electrons. The Balaban J connectivity index is 1.28. The van der Waals surface area contributed by atoms with Crippen molar-refractivity contribution in [2.45, 2.75) is 33.1 Å². The second kappa shape index (κ2) is 9.29. The number of aromatic nitrogens is 1. The summed E-state index contributed by atoms with van der Waals surface area (Å²) in [7, 11) is 1.64. The van der Waals surface area contributed by atoms with Gasteiger partial charge in [0.25, 0.3) is 5.91 Å². The smallest absolute Gasteiger partial charge is 0.289 e. The molecule has 2 aromatic heterocycles. The van der Waals surface area contributed by atoms with E-state index in [9.17, 15) is 4.79 Å². The highest BCUT2D eigenvalue weighted by molar-refractivity contribution is 5.91. The molecule has 3 aromatic rings. The number of carbonyl (C=O) groups is 1. The van der Waals surface area contributed by atoms with Crippen molar-refractivity contribution in [3.8, 4) is 11.5 Å². The number of nitrogens with zero attached hydrogens (tertiary/aromatic N) is 2. The van der Waals surface area contributed by atoms with E-state index in [-0.39, 0.29) is 5.91 Å². The largest absolute Gasteiger partial charge is 0.493 e. The molecule has 0 aliphatic carbocycles. The summed E-state index contributed by atoms with van der Waals surface area (Å²) in [5.74, 6) is 3.73. The topological polar surface area (TPSA) is 77.9 Å². The van der Waals surface area contributed by atoms with Crippen molar-refractivity contribution in [2.75, 3.05) is 26.8 Å². The van der Waals surface area contributed by atoms with E-state index in [2.05, 4.69) is 5.16 Å². The Morgan fingerprint density at radius 2 is 2.00 bits per heavy atom. The number of likely N-dealkylation sites (tertiary alicyclic amines) is 1. The van der Waals surface area contributed by atoms with Crippen LogP contribution in [0.25, 0.3) is 0 Å². The van der Waals surface area contributed by atoms with Crippen molar-refractivity contribution in [1.29, 1.82) is 0 Å². The van der Waals surface area contributed by atoms with Crippen LogP contribution in [-0.2, 0) is 6.42 Å². The zero-order valence-corrected chi connectivity index (χ0v) is 18.2. The number of hydrogen-bond donors (Lipinski definition) is 0. The van der Waals surface area contributed by atoms with Crippen molar-refractivity contribution in [3.05, 3.63) is 64.9 Å². The molecule has 1 unspecified atom stereocenters. The predicted octanol–water partition coefficient (Wildman–Crippen LogP) is 4.42. The maximum absolute atomic E-state index is 12.9. The maximum atomic E-state index is 12.9. The van der Waals surface area contributed by atoms with Gasteiger partial charge in [0.2, 0.25) is 0 Å². The lowest BCUT2D eigenvalue weighted by molar-refractivity contribution is 0.0752. The van der Waals surface area contributed by atoms with Gasteiger partial charge in [0, 0.05) is 25.1 Å². The highest BCUT2D eigenvalue weighted by Crippen LogP contribution is 2.28. The van der Waals surface area contributed by atoms with Gasteiger partial charge in [0.1, 0.15) is 11.5 Å². The fourth-order valence-corrected chi connectivity index (χ4v) is 4.00. The predicted molar refractivity (Wildman–Crippen MR) is 115 cm³/mol. The van der Waals surface area contributed by atoms with Crippen LogP contribution in [0.5, 0.6) is 11.5 Å². The number of benzene rings is 1. The highest BCUT2D eigenvalue weighted by Gasteiger charge is 2.28. The van der Waals surface area contributed by atoms with Gasteiger partial charge in [0.15, 0.2) is 17.3 Å². The molecular formula is C24H28N2O5. The molecule has 7 nitrogen and oxygen atoms in total. The lowest BCUT2D eigenvalue weighted by Crippen LogP contribution is -2.28. The molecule has 164 valence electrons. The Hall–Kier alpha value is -3.22. The third kappa shape index (κ3) is 4.76.